The van der Waals surface area contributed by atoms with Crippen molar-refractivity contribution < 1.29 is 14.3 Å². The molecule has 2 aromatic rings. The zero-order chi connectivity index (χ0) is 28.4. The van der Waals surface area contributed by atoms with Gasteiger partial charge in [0.25, 0.3) is 5.91 Å². The molecule has 40 heavy (non-hydrogen) atoms. The minimum absolute atomic E-state index is 0.0703. The molecule has 222 valence electrons. The Labute approximate surface area is 242 Å². The number of carbonyl (C=O) groups is 1. The summed E-state index contributed by atoms with van der Waals surface area (Å²) in [7, 11) is 1.65. The highest BCUT2D eigenvalue weighted by Crippen LogP contribution is 2.28. The highest BCUT2D eigenvalue weighted by Gasteiger charge is 2.29. The number of methoxy groups -OCH3 is 1. The van der Waals surface area contributed by atoms with Crippen molar-refractivity contribution in [2.45, 2.75) is 90.1 Å². The van der Waals surface area contributed by atoms with Crippen molar-refractivity contribution in [1.82, 2.24) is 10.6 Å². The summed E-state index contributed by atoms with van der Waals surface area (Å²) in [6.45, 7) is 5.84. The third-order valence-corrected chi connectivity index (χ3v) is 7.60. The van der Waals surface area contributed by atoms with Crippen LogP contribution in [0.2, 0.25) is 0 Å². The summed E-state index contributed by atoms with van der Waals surface area (Å²) in [6.07, 6.45) is 14.3. The molecule has 7 nitrogen and oxygen atoms in total. The molecule has 1 fully saturated rings. The number of aryl methyl sites for hydroxylation is 1. The van der Waals surface area contributed by atoms with Crippen LogP contribution in [0.3, 0.4) is 0 Å². The minimum Gasteiger partial charge on any atom is -0.497 e. The number of nitrogens with zero attached hydrogens (tertiary/aromatic N) is 1. The normalized spacial score (nSPS) is 15.1. The van der Waals surface area contributed by atoms with Crippen LogP contribution in [-0.2, 0) is 6.42 Å². The predicted octanol–water partition coefficient (Wildman–Crippen LogP) is 6.05. The van der Waals surface area contributed by atoms with E-state index >= 15 is 0 Å². The number of piperazine rings is 1. The SMILES string of the molecule is CCCCCCCCCCCCOc1ccc(CCCN)cc1C(=O)N(c1ccc(OC)cc1)C1CNCCN1. The quantitative estimate of drug-likeness (QED) is 0.184. The molecule has 0 aromatic heterocycles. The number of nitrogens with two attached hydrogens (primary N) is 1. The van der Waals surface area contributed by atoms with E-state index in [2.05, 4.69) is 23.6 Å². The van der Waals surface area contributed by atoms with Gasteiger partial charge in [-0.1, -0.05) is 70.8 Å². The van der Waals surface area contributed by atoms with Gasteiger partial charge >= 0.3 is 0 Å². The van der Waals surface area contributed by atoms with Crippen LogP contribution in [0.1, 0.15) is 93.5 Å². The minimum atomic E-state index is -0.169. The van der Waals surface area contributed by atoms with Gasteiger partial charge in [-0.3, -0.25) is 15.0 Å². The number of hydrogen-bond donors (Lipinski definition) is 3. The summed E-state index contributed by atoms with van der Waals surface area (Å²) in [5, 5.41) is 6.93. The Balaban J connectivity index is 1.68. The molecule has 1 amide bonds. The smallest absolute Gasteiger partial charge is 0.263 e. The maximum absolute atomic E-state index is 14.3. The Kier molecular flexibility index (Phi) is 14.9. The molecule has 1 heterocycles. The van der Waals surface area contributed by atoms with Crippen molar-refractivity contribution in [3.8, 4) is 11.5 Å². The first-order valence-corrected chi connectivity index (χ1v) is 15.6. The summed E-state index contributed by atoms with van der Waals surface area (Å²) < 4.78 is 11.6. The molecule has 4 N–H and O–H groups in total. The molecule has 1 atom stereocenters. The van der Waals surface area contributed by atoms with Crippen LogP contribution in [0, 0.1) is 0 Å². The molecule has 1 aliphatic heterocycles. The number of rotatable bonds is 19. The zero-order valence-electron chi connectivity index (χ0n) is 24.9. The van der Waals surface area contributed by atoms with Crippen molar-refractivity contribution in [1.29, 1.82) is 0 Å². The molecule has 0 bridgehead atoms. The van der Waals surface area contributed by atoms with Gasteiger partial charge in [-0.15, -0.1) is 0 Å². The number of ether oxygens (including phenoxy) is 2. The molecule has 1 aliphatic rings. The highest BCUT2D eigenvalue weighted by atomic mass is 16.5. The Morgan fingerprint density at radius 1 is 0.925 bits per heavy atom. The Morgan fingerprint density at radius 3 is 2.25 bits per heavy atom. The largest absolute Gasteiger partial charge is 0.497 e. The fraction of sp³-hybridized carbons (Fsp3) is 0.606. The van der Waals surface area contributed by atoms with Gasteiger partial charge in [0.1, 0.15) is 17.7 Å². The molecule has 0 radical (unpaired) electrons. The van der Waals surface area contributed by atoms with Crippen LogP contribution in [0.25, 0.3) is 0 Å². The van der Waals surface area contributed by atoms with E-state index in [0.29, 0.717) is 31.0 Å². The van der Waals surface area contributed by atoms with Crippen LogP contribution < -0.4 is 30.7 Å². The van der Waals surface area contributed by atoms with Crippen molar-refractivity contribution in [2.24, 2.45) is 5.73 Å². The number of amides is 1. The van der Waals surface area contributed by atoms with E-state index in [4.69, 9.17) is 15.2 Å². The number of unbranched alkanes of at least 4 members (excludes halogenated alkanes) is 9. The predicted molar refractivity (Wildman–Crippen MR) is 166 cm³/mol. The molecular weight excluding hydrogens is 500 g/mol. The average molecular weight is 553 g/mol. The van der Waals surface area contributed by atoms with Gasteiger partial charge in [-0.05, 0) is 67.8 Å². The molecule has 1 saturated heterocycles. The van der Waals surface area contributed by atoms with Crippen LogP contribution in [0.4, 0.5) is 5.69 Å². The first kappa shape index (κ1) is 31.9. The van der Waals surface area contributed by atoms with E-state index in [9.17, 15) is 4.79 Å². The van der Waals surface area contributed by atoms with E-state index in [0.717, 1.165) is 55.8 Å². The topological polar surface area (TPSA) is 88.9 Å². The van der Waals surface area contributed by atoms with Crippen molar-refractivity contribution >= 4 is 11.6 Å². The third kappa shape index (κ3) is 10.4. The lowest BCUT2D eigenvalue weighted by atomic mass is 10.0. The second-order valence-electron chi connectivity index (χ2n) is 10.8. The Bertz CT molecular complexity index is 976. The highest BCUT2D eigenvalue weighted by molar-refractivity contribution is 6.08. The number of hydrogen-bond acceptors (Lipinski definition) is 6. The molecule has 0 aliphatic carbocycles. The van der Waals surface area contributed by atoms with E-state index in [1.807, 2.05) is 41.3 Å². The monoisotopic (exact) mass is 552 g/mol. The van der Waals surface area contributed by atoms with Crippen LogP contribution in [0.5, 0.6) is 11.5 Å². The van der Waals surface area contributed by atoms with E-state index in [1.165, 1.54) is 51.4 Å². The van der Waals surface area contributed by atoms with Crippen LogP contribution in [-0.4, -0.2) is 52.0 Å². The zero-order valence-corrected chi connectivity index (χ0v) is 24.9. The number of benzene rings is 2. The van der Waals surface area contributed by atoms with Gasteiger partial charge < -0.3 is 20.5 Å². The summed E-state index contributed by atoms with van der Waals surface area (Å²) in [4.78, 5) is 16.1. The molecular formula is C33H52N4O3. The fourth-order valence-corrected chi connectivity index (χ4v) is 5.24. The van der Waals surface area contributed by atoms with Crippen molar-refractivity contribution in [3.63, 3.8) is 0 Å². The lowest BCUT2D eigenvalue weighted by Crippen LogP contribution is -2.59. The molecule has 2 aromatic carbocycles. The van der Waals surface area contributed by atoms with Crippen LogP contribution in [0.15, 0.2) is 42.5 Å². The van der Waals surface area contributed by atoms with Crippen LogP contribution >= 0.6 is 0 Å². The maximum atomic E-state index is 14.3. The number of nitrogens with one attached hydrogen (secondary N) is 2. The average Bonchev–Trinajstić information content (AvgIpc) is 3.00. The fourth-order valence-electron chi connectivity index (χ4n) is 5.24. The second-order valence-corrected chi connectivity index (χ2v) is 10.8. The summed E-state index contributed by atoms with van der Waals surface area (Å²) in [5.41, 5.74) is 8.30. The number of carbonyl (C=O) groups excluding carboxylic acids is 1. The third-order valence-electron chi connectivity index (χ3n) is 7.60. The van der Waals surface area contributed by atoms with Crippen molar-refractivity contribution in [2.75, 3.05) is 44.8 Å². The molecule has 3 rings (SSSR count). The molecule has 1 unspecified atom stereocenters. The van der Waals surface area contributed by atoms with E-state index in [1.54, 1.807) is 7.11 Å². The first-order chi connectivity index (χ1) is 19.7. The molecule has 0 spiro atoms. The summed E-state index contributed by atoms with van der Waals surface area (Å²) in [6, 6.07) is 13.7. The van der Waals surface area contributed by atoms with E-state index in [-0.39, 0.29) is 12.1 Å². The van der Waals surface area contributed by atoms with E-state index < -0.39 is 0 Å². The number of anilines is 1. The van der Waals surface area contributed by atoms with Gasteiger partial charge in [0.05, 0.1) is 19.3 Å². The standard InChI is InChI=1S/C33H52N4O3/c1-3-4-5-6-7-8-9-10-11-12-24-40-31-20-15-27(14-13-21-34)25-30(31)33(38)37(32-26-35-22-23-36-32)28-16-18-29(39-2)19-17-28/h15-20,25,32,35-36H,3-14,21-24,26,34H2,1-2H3. The Morgan fingerprint density at radius 2 is 1.62 bits per heavy atom. The lowest BCUT2D eigenvalue weighted by molar-refractivity contribution is 0.0964. The van der Waals surface area contributed by atoms with Gasteiger partial charge in [-0.25, -0.2) is 0 Å². The lowest BCUT2D eigenvalue weighted by Gasteiger charge is -2.36. The van der Waals surface area contributed by atoms with Gasteiger partial charge in [-0.2, -0.15) is 0 Å². The maximum Gasteiger partial charge on any atom is 0.263 e. The summed E-state index contributed by atoms with van der Waals surface area (Å²) >= 11 is 0. The van der Waals surface area contributed by atoms with Crippen molar-refractivity contribution in [3.05, 3.63) is 53.6 Å². The second kappa shape index (κ2) is 18.7. The molecule has 7 heteroatoms. The van der Waals surface area contributed by atoms with Gasteiger partial charge in [0, 0.05) is 25.3 Å². The first-order valence-electron chi connectivity index (χ1n) is 15.6. The summed E-state index contributed by atoms with van der Waals surface area (Å²) in [5.74, 6) is 1.34. The van der Waals surface area contributed by atoms with Gasteiger partial charge in [0.15, 0.2) is 0 Å². The Hall–Kier alpha value is -2.61. The molecule has 0 saturated carbocycles. The van der Waals surface area contributed by atoms with Gasteiger partial charge in [0.2, 0.25) is 0 Å².